The minimum atomic E-state index is -1.27. The van der Waals surface area contributed by atoms with Gasteiger partial charge >= 0.3 is 0 Å². The van der Waals surface area contributed by atoms with Crippen molar-refractivity contribution in [2.24, 2.45) is 5.92 Å². The lowest BCUT2D eigenvalue weighted by atomic mass is 10.1. The molecule has 2 aliphatic carbocycles. The molecule has 0 bridgehead atoms. The van der Waals surface area contributed by atoms with Gasteiger partial charge in [-0.3, -0.25) is 9.00 Å². The number of ketones is 1. The van der Waals surface area contributed by atoms with Crippen LogP contribution < -0.4 is 4.90 Å². The molecule has 106 valence electrons. The quantitative estimate of drug-likeness (QED) is 0.858. The van der Waals surface area contributed by atoms with Gasteiger partial charge in [-0.2, -0.15) is 0 Å². The lowest BCUT2D eigenvalue weighted by Crippen LogP contribution is -2.28. The maximum Gasteiger partial charge on any atom is 0.172 e. The Hall–Kier alpha value is -1.42. The van der Waals surface area contributed by atoms with Gasteiger partial charge < -0.3 is 4.90 Å². The van der Waals surface area contributed by atoms with Crippen LogP contribution in [0.4, 0.5) is 5.69 Å². The smallest absolute Gasteiger partial charge is 0.172 e. The van der Waals surface area contributed by atoms with Crippen LogP contribution in [0.1, 0.15) is 19.3 Å². The van der Waals surface area contributed by atoms with Crippen molar-refractivity contribution in [1.82, 2.24) is 0 Å². The molecule has 0 aromatic heterocycles. The first-order chi connectivity index (χ1) is 9.59. The van der Waals surface area contributed by atoms with Crippen LogP contribution in [0.25, 0.3) is 0 Å². The molecule has 2 aliphatic rings. The minimum absolute atomic E-state index is 0.0524. The number of carbonyl (C=O) groups excluding carboxylic acids is 1. The fraction of sp³-hybridized carbons (Fsp3) is 0.438. The second kappa shape index (κ2) is 5.17. The third kappa shape index (κ3) is 2.12. The van der Waals surface area contributed by atoms with Crippen LogP contribution in [0.5, 0.6) is 0 Å². The van der Waals surface area contributed by atoms with Gasteiger partial charge in [0, 0.05) is 20.0 Å². The lowest BCUT2D eigenvalue weighted by Gasteiger charge is -2.21. The van der Waals surface area contributed by atoms with E-state index in [4.69, 9.17) is 0 Å². The molecule has 0 radical (unpaired) electrons. The van der Waals surface area contributed by atoms with Crippen molar-refractivity contribution in [3.05, 3.63) is 35.9 Å². The van der Waals surface area contributed by atoms with Gasteiger partial charge in [0.05, 0.1) is 21.4 Å². The van der Waals surface area contributed by atoms with Crippen molar-refractivity contribution < 1.29 is 9.00 Å². The third-order valence-corrected chi connectivity index (χ3v) is 6.03. The van der Waals surface area contributed by atoms with Gasteiger partial charge in [-0.25, -0.2) is 0 Å². The Morgan fingerprint density at radius 2 is 2.00 bits per heavy atom. The summed E-state index contributed by atoms with van der Waals surface area (Å²) in [6.45, 7) is 0. The molecule has 20 heavy (non-hydrogen) atoms. The summed E-state index contributed by atoms with van der Waals surface area (Å²) >= 11 is 0. The van der Waals surface area contributed by atoms with Crippen LogP contribution in [-0.4, -0.2) is 29.3 Å². The van der Waals surface area contributed by atoms with Gasteiger partial charge in [-0.05, 0) is 37.5 Å². The number of para-hydroxylation sites is 1. The second-order valence-electron chi connectivity index (χ2n) is 5.70. The highest BCUT2D eigenvalue weighted by Gasteiger charge is 2.43. The first kappa shape index (κ1) is 13.6. The van der Waals surface area contributed by atoms with Gasteiger partial charge in [0.2, 0.25) is 0 Å². The number of hydrogen-bond acceptors (Lipinski definition) is 3. The molecule has 0 heterocycles. The second-order valence-corrected chi connectivity index (χ2v) is 7.24. The Bertz CT molecular complexity index is 606. The van der Waals surface area contributed by atoms with Crippen LogP contribution in [0.3, 0.4) is 0 Å². The number of carbonyl (C=O) groups is 1. The van der Waals surface area contributed by atoms with Gasteiger partial charge in [0.1, 0.15) is 5.25 Å². The van der Waals surface area contributed by atoms with Crippen molar-refractivity contribution in [2.75, 3.05) is 19.0 Å². The molecule has 0 aliphatic heterocycles. The van der Waals surface area contributed by atoms with E-state index < -0.39 is 10.8 Å². The molecule has 0 spiro atoms. The van der Waals surface area contributed by atoms with E-state index in [1.807, 2.05) is 43.3 Å². The predicted octanol–water partition coefficient (Wildman–Crippen LogP) is 2.54. The first-order valence-electron chi connectivity index (χ1n) is 7.01. The molecule has 1 fully saturated rings. The zero-order valence-corrected chi connectivity index (χ0v) is 12.7. The summed E-state index contributed by atoms with van der Waals surface area (Å²) in [5.41, 5.74) is 2.15. The van der Waals surface area contributed by atoms with Crippen molar-refractivity contribution in [2.45, 2.75) is 29.4 Å². The summed E-state index contributed by atoms with van der Waals surface area (Å²) in [4.78, 5) is 14.9. The van der Waals surface area contributed by atoms with Crippen molar-refractivity contribution in [3.8, 4) is 0 Å². The normalized spacial score (nSPS) is 26.3. The molecule has 1 unspecified atom stereocenters. The molecule has 4 heteroatoms. The predicted molar refractivity (Wildman–Crippen MR) is 81.4 cm³/mol. The molecule has 1 aromatic rings. The van der Waals surface area contributed by atoms with Crippen molar-refractivity contribution in [3.63, 3.8) is 0 Å². The maximum absolute atomic E-state index is 13.0. The highest BCUT2D eigenvalue weighted by molar-refractivity contribution is 7.86. The van der Waals surface area contributed by atoms with E-state index in [1.165, 1.54) is 5.57 Å². The fourth-order valence-corrected chi connectivity index (χ4v) is 5.10. The number of allylic oxidation sites excluding steroid dienone is 2. The number of benzene rings is 1. The monoisotopic (exact) mass is 289 g/mol. The van der Waals surface area contributed by atoms with E-state index in [0.717, 1.165) is 29.8 Å². The molecule has 3 atom stereocenters. The SMILES string of the molecule is CN(C)c1ccccc1S(=O)[C@H]1C(=O)C=C2CCC[C@@H]21. The summed E-state index contributed by atoms with van der Waals surface area (Å²) in [5, 5.41) is -0.367. The summed E-state index contributed by atoms with van der Waals surface area (Å²) in [7, 11) is 2.60. The number of hydrogen-bond donors (Lipinski definition) is 0. The number of anilines is 1. The Kier molecular flexibility index (Phi) is 3.50. The molecular weight excluding hydrogens is 270 g/mol. The average molecular weight is 289 g/mol. The van der Waals surface area contributed by atoms with Crippen LogP contribution in [0, 0.1) is 5.92 Å². The number of rotatable bonds is 3. The topological polar surface area (TPSA) is 37.4 Å². The van der Waals surface area contributed by atoms with Gasteiger partial charge in [0.25, 0.3) is 0 Å². The van der Waals surface area contributed by atoms with Gasteiger partial charge in [-0.1, -0.05) is 17.7 Å². The minimum Gasteiger partial charge on any atom is -0.377 e. The van der Waals surface area contributed by atoms with E-state index in [-0.39, 0.29) is 17.0 Å². The van der Waals surface area contributed by atoms with Crippen LogP contribution in [-0.2, 0) is 15.6 Å². The fourth-order valence-electron chi connectivity index (χ4n) is 3.27. The summed E-state index contributed by atoms with van der Waals surface area (Å²) in [5.74, 6) is 0.259. The first-order valence-corrected chi connectivity index (χ1v) is 8.22. The molecule has 0 saturated heterocycles. The molecular formula is C16H19NO2S. The van der Waals surface area contributed by atoms with Crippen LogP contribution in [0.15, 0.2) is 40.8 Å². The average Bonchev–Trinajstić information content (AvgIpc) is 2.97. The zero-order valence-electron chi connectivity index (χ0n) is 11.8. The summed E-state index contributed by atoms with van der Waals surface area (Å²) in [6, 6.07) is 7.66. The van der Waals surface area contributed by atoms with Crippen LogP contribution in [0.2, 0.25) is 0 Å². The summed E-state index contributed by atoms with van der Waals surface area (Å²) in [6.07, 6.45) is 4.86. The van der Waals surface area contributed by atoms with E-state index in [2.05, 4.69) is 0 Å². The lowest BCUT2D eigenvalue weighted by molar-refractivity contribution is -0.114. The largest absolute Gasteiger partial charge is 0.377 e. The Balaban J connectivity index is 1.96. The number of fused-ring (bicyclic) bond motifs is 1. The van der Waals surface area contributed by atoms with Crippen molar-refractivity contribution >= 4 is 22.3 Å². The van der Waals surface area contributed by atoms with Crippen molar-refractivity contribution in [1.29, 1.82) is 0 Å². The number of nitrogens with zero attached hydrogens (tertiary/aromatic N) is 1. The molecule has 3 rings (SSSR count). The van der Waals surface area contributed by atoms with E-state index in [1.54, 1.807) is 6.08 Å². The highest BCUT2D eigenvalue weighted by Crippen LogP contribution is 2.42. The van der Waals surface area contributed by atoms with Gasteiger partial charge in [-0.15, -0.1) is 0 Å². The summed E-state index contributed by atoms with van der Waals surface area (Å²) < 4.78 is 13.0. The molecule has 1 aromatic carbocycles. The zero-order chi connectivity index (χ0) is 14.3. The van der Waals surface area contributed by atoms with E-state index in [9.17, 15) is 9.00 Å². The Labute approximate surface area is 122 Å². The Morgan fingerprint density at radius 1 is 1.25 bits per heavy atom. The Morgan fingerprint density at radius 3 is 2.75 bits per heavy atom. The third-order valence-electron chi connectivity index (χ3n) is 4.22. The molecule has 0 N–H and O–H groups in total. The van der Waals surface area contributed by atoms with Crippen LogP contribution >= 0.6 is 0 Å². The standard InChI is InChI=1S/C16H19NO2S/c1-17(2)13-8-3-4-9-15(13)20(19)16-12-7-5-6-11(12)10-14(16)18/h3-4,8-10,12,16H,5-7H2,1-2H3/t12-,16+,20?/m0/s1. The van der Waals surface area contributed by atoms with E-state index in [0.29, 0.717) is 0 Å². The maximum atomic E-state index is 13.0. The van der Waals surface area contributed by atoms with E-state index >= 15 is 0 Å². The molecule has 1 saturated carbocycles. The van der Waals surface area contributed by atoms with Gasteiger partial charge in [0.15, 0.2) is 5.78 Å². The highest BCUT2D eigenvalue weighted by atomic mass is 32.2. The molecule has 0 amide bonds. The molecule has 3 nitrogen and oxygen atoms in total.